The van der Waals surface area contributed by atoms with E-state index in [0.717, 1.165) is 31.8 Å². The Kier molecular flexibility index (Phi) is 3.31. The number of benzene rings is 1. The molecule has 1 aliphatic heterocycles. The number of pyridine rings is 1. The molecular formula is C18H20N4. The van der Waals surface area contributed by atoms with E-state index in [2.05, 4.69) is 64.4 Å². The SMILES string of the molecule is CN1CCN(c2ccc(-c3ccn4ccnc4c3)cc2)CC1. The third-order valence-electron chi connectivity index (χ3n) is 4.47. The first-order valence-corrected chi connectivity index (χ1v) is 7.76. The highest BCUT2D eigenvalue weighted by Gasteiger charge is 2.14. The van der Waals surface area contributed by atoms with Crippen LogP contribution in [0.15, 0.2) is 55.0 Å². The number of hydrogen-bond donors (Lipinski definition) is 0. The van der Waals surface area contributed by atoms with Crippen molar-refractivity contribution in [3.63, 3.8) is 0 Å². The first kappa shape index (κ1) is 13.3. The van der Waals surface area contributed by atoms with Crippen LogP contribution in [0.4, 0.5) is 5.69 Å². The molecule has 0 N–H and O–H groups in total. The van der Waals surface area contributed by atoms with Gasteiger partial charge in [0, 0.05) is 50.5 Å². The lowest BCUT2D eigenvalue weighted by atomic mass is 10.1. The molecule has 4 nitrogen and oxygen atoms in total. The molecule has 0 amide bonds. The summed E-state index contributed by atoms with van der Waals surface area (Å²) in [5.41, 5.74) is 4.76. The van der Waals surface area contributed by atoms with Crippen molar-refractivity contribution >= 4 is 11.3 Å². The number of aromatic nitrogens is 2. The van der Waals surface area contributed by atoms with Gasteiger partial charge in [-0.2, -0.15) is 0 Å². The van der Waals surface area contributed by atoms with Gasteiger partial charge >= 0.3 is 0 Å². The summed E-state index contributed by atoms with van der Waals surface area (Å²) >= 11 is 0. The third-order valence-corrected chi connectivity index (χ3v) is 4.47. The van der Waals surface area contributed by atoms with Gasteiger partial charge in [-0.25, -0.2) is 4.98 Å². The molecule has 1 fully saturated rings. The van der Waals surface area contributed by atoms with Gasteiger partial charge in [0.05, 0.1) is 0 Å². The van der Waals surface area contributed by atoms with Gasteiger partial charge in [0.2, 0.25) is 0 Å². The number of anilines is 1. The summed E-state index contributed by atoms with van der Waals surface area (Å²) in [7, 11) is 2.19. The molecule has 0 spiro atoms. The summed E-state index contributed by atoms with van der Waals surface area (Å²) in [6, 6.07) is 13.2. The van der Waals surface area contributed by atoms with E-state index in [1.807, 2.05) is 16.8 Å². The molecule has 3 heterocycles. The molecule has 1 saturated heterocycles. The van der Waals surface area contributed by atoms with Gasteiger partial charge in [-0.1, -0.05) is 12.1 Å². The van der Waals surface area contributed by atoms with Crippen molar-refractivity contribution in [2.45, 2.75) is 0 Å². The minimum absolute atomic E-state index is 0.987. The fraction of sp³-hybridized carbons (Fsp3) is 0.278. The average molecular weight is 292 g/mol. The van der Waals surface area contributed by atoms with Gasteiger partial charge in [-0.05, 0) is 42.4 Å². The zero-order chi connectivity index (χ0) is 14.9. The van der Waals surface area contributed by atoms with Gasteiger partial charge in [0.15, 0.2) is 0 Å². The molecule has 112 valence electrons. The summed E-state index contributed by atoms with van der Waals surface area (Å²) in [5, 5.41) is 0. The summed E-state index contributed by atoms with van der Waals surface area (Å²) in [4.78, 5) is 9.19. The number of nitrogens with zero attached hydrogens (tertiary/aromatic N) is 4. The van der Waals surface area contributed by atoms with Crippen molar-refractivity contribution in [3.8, 4) is 11.1 Å². The number of hydrogen-bond acceptors (Lipinski definition) is 3. The van der Waals surface area contributed by atoms with Crippen molar-refractivity contribution in [3.05, 3.63) is 55.0 Å². The Bertz CT molecular complexity index is 767. The Hall–Kier alpha value is -2.33. The molecule has 1 aliphatic rings. The van der Waals surface area contributed by atoms with Gasteiger partial charge < -0.3 is 14.2 Å². The zero-order valence-electron chi connectivity index (χ0n) is 12.8. The molecule has 0 unspecified atom stereocenters. The van der Waals surface area contributed by atoms with E-state index >= 15 is 0 Å². The Labute approximate surface area is 130 Å². The topological polar surface area (TPSA) is 23.8 Å². The lowest BCUT2D eigenvalue weighted by Gasteiger charge is -2.34. The van der Waals surface area contributed by atoms with Crippen molar-refractivity contribution in [1.29, 1.82) is 0 Å². The molecule has 4 heteroatoms. The maximum Gasteiger partial charge on any atom is 0.137 e. The number of likely N-dealkylation sites (N-methyl/N-ethyl adjacent to an activating group) is 1. The summed E-state index contributed by atoms with van der Waals surface area (Å²) in [6.45, 7) is 4.49. The summed E-state index contributed by atoms with van der Waals surface area (Å²) in [6.07, 6.45) is 5.86. The van der Waals surface area contributed by atoms with Crippen LogP contribution in [0.2, 0.25) is 0 Å². The zero-order valence-corrected chi connectivity index (χ0v) is 12.8. The number of piperazine rings is 1. The Morgan fingerprint density at radius 3 is 2.41 bits per heavy atom. The lowest BCUT2D eigenvalue weighted by molar-refractivity contribution is 0.313. The van der Waals surface area contributed by atoms with E-state index in [4.69, 9.17) is 0 Å². The van der Waals surface area contributed by atoms with Crippen LogP contribution in [0, 0.1) is 0 Å². The van der Waals surface area contributed by atoms with Gasteiger partial charge in [0.25, 0.3) is 0 Å². The van der Waals surface area contributed by atoms with E-state index in [1.165, 1.54) is 16.8 Å². The summed E-state index contributed by atoms with van der Waals surface area (Å²) in [5.74, 6) is 0. The van der Waals surface area contributed by atoms with Crippen LogP contribution >= 0.6 is 0 Å². The monoisotopic (exact) mass is 292 g/mol. The van der Waals surface area contributed by atoms with Crippen LogP contribution in [-0.2, 0) is 0 Å². The molecule has 0 radical (unpaired) electrons. The largest absolute Gasteiger partial charge is 0.369 e. The standard InChI is InChI=1S/C18H20N4/c1-20-10-12-21(13-11-20)17-4-2-15(3-5-17)16-6-8-22-9-7-19-18(22)14-16/h2-9,14H,10-13H2,1H3. The molecule has 4 rings (SSSR count). The summed E-state index contributed by atoms with van der Waals surface area (Å²) < 4.78 is 2.03. The molecule has 22 heavy (non-hydrogen) atoms. The first-order valence-electron chi connectivity index (χ1n) is 7.76. The van der Waals surface area contributed by atoms with Crippen molar-refractivity contribution in [1.82, 2.24) is 14.3 Å². The van der Waals surface area contributed by atoms with Crippen LogP contribution < -0.4 is 4.90 Å². The minimum atomic E-state index is 0.987. The predicted octanol–water partition coefficient (Wildman–Crippen LogP) is 2.75. The van der Waals surface area contributed by atoms with Crippen LogP contribution in [0.3, 0.4) is 0 Å². The maximum atomic E-state index is 4.35. The molecular weight excluding hydrogens is 272 g/mol. The van der Waals surface area contributed by atoms with Crippen molar-refractivity contribution in [2.75, 3.05) is 38.1 Å². The maximum absolute atomic E-state index is 4.35. The highest BCUT2D eigenvalue weighted by Crippen LogP contribution is 2.24. The molecule has 2 aromatic heterocycles. The highest BCUT2D eigenvalue weighted by molar-refractivity contribution is 5.69. The van der Waals surface area contributed by atoms with Crippen LogP contribution in [0.25, 0.3) is 16.8 Å². The second-order valence-electron chi connectivity index (χ2n) is 5.95. The van der Waals surface area contributed by atoms with E-state index in [-0.39, 0.29) is 0 Å². The number of imidazole rings is 1. The molecule has 0 saturated carbocycles. The first-order chi connectivity index (χ1) is 10.8. The van der Waals surface area contributed by atoms with Crippen LogP contribution in [0.5, 0.6) is 0 Å². The molecule has 1 aromatic carbocycles. The van der Waals surface area contributed by atoms with Gasteiger partial charge in [0.1, 0.15) is 5.65 Å². The van der Waals surface area contributed by atoms with Crippen LogP contribution in [0.1, 0.15) is 0 Å². The van der Waals surface area contributed by atoms with Crippen molar-refractivity contribution in [2.24, 2.45) is 0 Å². The van der Waals surface area contributed by atoms with E-state index in [1.54, 1.807) is 0 Å². The lowest BCUT2D eigenvalue weighted by Crippen LogP contribution is -2.44. The second-order valence-corrected chi connectivity index (χ2v) is 5.95. The smallest absolute Gasteiger partial charge is 0.137 e. The van der Waals surface area contributed by atoms with Crippen LogP contribution in [-0.4, -0.2) is 47.5 Å². The Balaban J connectivity index is 1.58. The normalized spacial score (nSPS) is 16.3. The fourth-order valence-electron chi connectivity index (χ4n) is 3.02. The average Bonchev–Trinajstić information content (AvgIpc) is 3.03. The van der Waals surface area contributed by atoms with E-state index in [0.29, 0.717) is 0 Å². The molecule has 0 bridgehead atoms. The second kappa shape index (κ2) is 5.46. The highest BCUT2D eigenvalue weighted by atomic mass is 15.2. The molecule has 0 atom stereocenters. The Morgan fingerprint density at radius 2 is 1.64 bits per heavy atom. The molecule has 3 aromatic rings. The number of rotatable bonds is 2. The van der Waals surface area contributed by atoms with Crippen molar-refractivity contribution < 1.29 is 0 Å². The van der Waals surface area contributed by atoms with Gasteiger partial charge in [-0.15, -0.1) is 0 Å². The van der Waals surface area contributed by atoms with E-state index < -0.39 is 0 Å². The fourth-order valence-corrected chi connectivity index (χ4v) is 3.02. The van der Waals surface area contributed by atoms with E-state index in [9.17, 15) is 0 Å². The predicted molar refractivity (Wildman–Crippen MR) is 90.3 cm³/mol. The quantitative estimate of drug-likeness (QED) is 0.726. The number of fused-ring (bicyclic) bond motifs is 1. The third kappa shape index (κ3) is 2.46. The Morgan fingerprint density at radius 1 is 0.864 bits per heavy atom. The molecule has 0 aliphatic carbocycles. The van der Waals surface area contributed by atoms with Gasteiger partial charge in [-0.3, -0.25) is 0 Å². The minimum Gasteiger partial charge on any atom is -0.369 e.